The van der Waals surface area contributed by atoms with Crippen molar-refractivity contribution in [1.82, 2.24) is 9.78 Å². The van der Waals surface area contributed by atoms with Crippen molar-refractivity contribution < 1.29 is 18.3 Å². The molecule has 1 aromatic heterocycles. The third-order valence-corrected chi connectivity index (χ3v) is 1.99. The Labute approximate surface area is 83.1 Å². The minimum Gasteiger partial charge on any atom is -0.378 e. The first kappa shape index (κ1) is 11.3. The molecular formula is C7H8ClF3N2O. The van der Waals surface area contributed by atoms with E-state index in [-0.39, 0.29) is 11.6 Å². The Hall–Kier alpha value is -0.750. The van der Waals surface area contributed by atoms with Gasteiger partial charge in [0.2, 0.25) is 0 Å². The summed E-state index contributed by atoms with van der Waals surface area (Å²) in [6.07, 6.45) is -6.23. The van der Waals surface area contributed by atoms with E-state index in [1.807, 2.05) is 0 Å². The molecule has 1 rings (SSSR count). The molecule has 0 aromatic carbocycles. The first-order chi connectivity index (χ1) is 6.38. The number of halogens is 4. The minimum atomic E-state index is -4.73. The predicted molar refractivity (Wildman–Crippen MR) is 43.9 cm³/mol. The SMILES string of the molecule is CCn1ncc(Cl)c1[C@H](O)C(F)(F)F. The summed E-state index contributed by atoms with van der Waals surface area (Å²) in [6.45, 7) is 1.82. The van der Waals surface area contributed by atoms with Crippen LogP contribution in [-0.4, -0.2) is 21.1 Å². The fourth-order valence-corrected chi connectivity index (χ4v) is 1.30. The maximum Gasteiger partial charge on any atom is 0.420 e. The smallest absolute Gasteiger partial charge is 0.378 e. The summed E-state index contributed by atoms with van der Waals surface area (Å²) in [7, 11) is 0. The Balaban J connectivity index is 3.11. The Morgan fingerprint density at radius 2 is 2.21 bits per heavy atom. The standard InChI is InChI=1S/C7H8ClF3N2O/c1-2-13-5(4(8)3-12-13)6(14)7(9,10)11/h3,6,14H,2H2,1H3/t6-/m0/s1. The van der Waals surface area contributed by atoms with Gasteiger partial charge in [0.05, 0.1) is 16.9 Å². The van der Waals surface area contributed by atoms with Crippen molar-refractivity contribution in [3.63, 3.8) is 0 Å². The molecule has 1 aromatic rings. The van der Waals surface area contributed by atoms with Crippen LogP contribution in [0.4, 0.5) is 13.2 Å². The number of hydrogen-bond acceptors (Lipinski definition) is 2. The van der Waals surface area contributed by atoms with Crippen LogP contribution in [0.25, 0.3) is 0 Å². The monoisotopic (exact) mass is 228 g/mol. The number of alkyl halides is 3. The zero-order valence-corrected chi connectivity index (χ0v) is 7.97. The van der Waals surface area contributed by atoms with Crippen molar-refractivity contribution in [2.45, 2.75) is 25.7 Å². The zero-order valence-electron chi connectivity index (χ0n) is 7.22. The average Bonchev–Trinajstić information content (AvgIpc) is 2.43. The summed E-state index contributed by atoms with van der Waals surface area (Å²) in [5, 5.41) is 12.4. The summed E-state index contributed by atoms with van der Waals surface area (Å²) in [6, 6.07) is 0. The van der Waals surface area contributed by atoms with Gasteiger partial charge in [-0.3, -0.25) is 4.68 Å². The lowest BCUT2D eigenvalue weighted by Gasteiger charge is -2.15. The summed E-state index contributed by atoms with van der Waals surface area (Å²) in [5.74, 6) is 0. The molecule has 0 aliphatic heterocycles. The Morgan fingerprint density at radius 3 is 2.64 bits per heavy atom. The number of hydrogen-bond donors (Lipinski definition) is 1. The van der Waals surface area contributed by atoms with Crippen molar-refractivity contribution in [2.75, 3.05) is 0 Å². The fraction of sp³-hybridized carbons (Fsp3) is 0.571. The van der Waals surface area contributed by atoms with Crippen LogP contribution >= 0.6 is 11.6 Å². The van der Waals surface area contributed by atoms with Crippen LogP contribution in [0.3, 0.4) is 0 Å². The molecule has 0 unspecified atom stereocenters. The lowest BCUT2D eigenvalue weighted by Crippen LogP contribution is -2.23. The van der Waals surface area contributed by atoms with Gasteiger partial charge in [-0.15, -0.1) is 0 Å². The molecule has 14 heavy (non-hydrogen) atoms. The average molecular weight is 229 g/mol. The molecule has 0 aliphatic carbocycles. The van der Waals surface area contributed by atoms with E-state index in [0.29, 0.717) is 0 Å². The van der Waals surface area contributed by atoms with Crippen LogP contribution in [0.5, 0.6) is 0 Å². The molecule has 0 spiro atoms. The van der Waals surface area contributed by atoms with E-state index in [1.54, 1.807) is 6.92 Å². The van der Waals surface area contributed by atoms with Crippen molar-refractivity contribution in [1.29, 1.82) is 0 Å². The third kappa shape index (κ3) is 2.01. The maximum atomic E-state index is 12.2. The Bertz CT molecular complexity index is 323. The van der Waals surface area contributed by atoms with Gasteiger partial charge >= 0.3 is 6.18 Å². The maximum absolute atomic E-state index is 12.2. The van der Waals surface area contributed by atoms with E-state index in [9.17, 15) is 13.2 Å². The van der Waals surface area contributed by atoms with Crippen molar-refractivity contribution in [3.05, 3.63) is 16.9 Å². The van der Waals surface area contributed by atoms with Gasteiger partial charge in [-0.1, -0.05) is 11.6 Å². The first-order valence-corrected chi connectivity index (χ1v) is 4.21. The molecule has 0 saturated carbocycles. The van der Waals surface area contributed by atoms with Crippen LogP contribution in [0.15, 0.2) is 6.20 Å². The van der Waals surface area contributed by atoms with Crippen molar-refractivity contribution in [2.24, 2.45) is 0 Å². The molecule has 1 atom stereocenters. The van der Waals surface area contributed by atoms with E-state index < -0.39 is 18.0 Å². The van der Waals surface area contributed by atoms with E-state index in [2.05, 4.69) is 5.10 Å². The minimum absolute atomic E-state index is 0.184. The largest absolute Gasteiger partial charge is 0.420 e. The zero-order chi connectivity index (χ0) is 10.9. The predicted octanol–water partition coefficient (Wildman–Crippen LogP) is 2.15. The molecule has 7 heteroatoms. The van der Waals surface area contributed by atoms with Crippen LogP contribution < -0.4 is 0 Å². The number of rotatable bonds is 2. The quantitative estimate of drug-likeness (QED) is 0.842. The fourth-order valence-electron chi connectivity index (χ4n) is 1.05. The van der Waals surface area contributed by atoms with Gasteiger partial charge in [0, 0.05) is 6.54 Å². The Morgan fingerprint density at radius 1 is 1.64 bits per heavy atom. The highest BCUT2D eigenvalue weighted by Gasteiger charge is 2.42. The Kier molecular flexibility index (Phi) is 3.06. The van der Waals surface area contributed by atoms with E-state index in [1.165, 1.54) is 0 Å². The van der Waals surface area contributed by atoms with Crippen molar-refractivity contribution >= 4 is 11.6 Å². The number of aliphatic hydroxyl groups excluding tert-OH is 1. The topological polar surface area (TPSA) is 38.0 Å². The summed E-state index contributed by atoms with van der Waals surface area (Å²) >= 11 is 5.48. The lowest BCUT2D eigenvalue weighted by molar-refractivity contribution is -0.208. The second kappa shape index (κ2) is 3.78. The third-order valence-electron chi connectivity index (χ3n) is 1.70. The number of nitrogens with zero attached hydrogens (tertiary/aromatic N) is 2. The van der Waals surface area contributed by atoms with Crippen LogP contribution in [0, 0.1) is 0 Å². The molecule has 0 amide bonds. The highest BCUT2D eigenvalue weighted by molar-refractivity contribution is 6.31. The van der Waals surface area contributed by atoms with E-state index in [0.717, 1.165) is 10.9 Å². The first-order valence-electron chi connectivity index (χ1n) is 3.84. The van der Waals surface area contributed by atoms with Gasteiger partial charge in [0.1, 0.15) is 0 Å². The molecule has 1 N–H and O–H groups in total. The van der Waals surface area contributed by atoms with Gasteiger partial charge in [-0.25, -0.2) is 0 Å². The molecule has 1 heterocycles. The van der Waals surface area contributed by atoms with Crippen LogP contribution in [0.1, 0.15) is 18.7 Å². The number of aliphatic hydroxyl groups is 1. The molecule has 0 saturated heterocycles. The molecule has 3 nitrogen and oxygen atoms in total. The number of aromatic nitrogens is 2. The molecule has 80 valence electrons. The van der Waals surface area contributed by atoms with E-state index in [4.69, 9.17) is 16.7 Å². The van der Waals surface area contributed by atoms with E-state index >= 15 is 0 Å². The molecule has 0 aliphatic rings. The summed E-state index contributed by atoms with van der Waals surface area (Å²) in [5.41, 5.74) is -0.415. The molecule has 0 fully saturated rings. The second-order valence-electron chi connectivity index (χ2n) is 2.64. The van der Waals surface area contributed by atoms with Gasteiger partial charge in [0.25, 0.3) is 0 Å². The normalized spacial score (nSPS) is 14.4. The van der Waals surface area contributed by atoms with Gasteiger partial charge < -0.3 is 5.11 Å². The van der Waals surface area contributed by atoms with Gasteiger partial charge in [-0.05, 0) is 6.92 Å². The van der Waals surface area contributed by atoms with Gasteiger partial charge in [-0.2, -0.15) is 18.3 Å². The highest BCUT2D eigenvalue weighted by atomic mass is 35.5. The summed E-state index contributed by atoms with van der Waals surface area (Å²) < 4.78 is 37.5. The van der Waals surface area contributed by atoms with Crippen LogP contribution in [0.2, 0.25) is 5.02 Å². The molecule has 0 bridgehead atoms. The summed E-state index contributed by atoms with van der Waals surface area (Å²) in [4.78, 5) is 0. The van der Waals surface area contributed by atoms with Gasteiger partial charge in [0.15, 0.2) is 6.10 Å². The molecular weight excluding hydrogens is 221 g/mol. The lowest BCUT2D eigenvalue weighted by atomic mass is 10.2. The van der Waals surface area contributed by atoms with Crippen LogP contribution in [-0.2, 0) is 6.54 Å². The number of aryl methyl sites for hydroxylation is 1. The van der Waals surface area contributed by atoms with Crippen molar-refractivity contribution in [3.8, 4) is 0 Å². The molecule has 0 radical (unpaired) electrons. The highest BCUT2D eigenvalue weighted by Crippen LogP contribution is 2.35. The second-order valence-corrected chi connectivity index (χ2v) is 3.04.